The molecular weight excluding hydrogens is 338 g/mol. The van der Waals surface area contributed by atoms with Crippen molar-refractivity contribution in [1.82, 2.24) is 4.31 Å². The maximum atomic E-state index is 12.0. The predicted molar refractivity (Wildman–Crippen MR) is 81.3 cm³/mol. The van der Waals surface area contributed by atoms with E-state index in [0.717, 1.165) is 4.31 Å². The zero-order chi connectivity index (χ0) is 17.3. The summed E-state index contributed by atoms with van der Waals surface area (Å²) in [5.41, 5.74) is 0.298. The van der Waals surface area contributed by atoms with Crippen LogP contribution in [0.1, 0.15) is 16.1 Å². The van der Waals surface area contributed by atoms with E-state index < -0.39 is 16.0 Å². The standard InChI is InChI=1S/C15H15NO7S/c1-16(2)24(18,19)14-6-4-11(23-14)8-20-15(17)10-3-5-12-13(7-10)22-9-21-12/h3-7H,8-9H2,1-2H3. The van der Waals surface area contributed by atoms with Crippen LogP contribution < -0.4 is 9.47 Å². The summed E-state index contributed by atoms with van der Waals surface area (Å²) >= 11 is 0. The summed E-state index contributed by atoms with van der Waals surface area (Å²) in [6.07, 6.45) is 0. The Labute approximate surface area is 138 Å². The van der Waals surface area contributed by atoms with Crippen LogP contribution in [0.3, 0.4) is 0 Å². The molecule has 128 valence electrons. The average molecular weight is 353 g/mol. The highest BCUT2D eigenvalue weighted by Gasteiger charge is 2.22. The van der Waals surface area contributed by atoms with Crippen LogP contribution in [0, 0.1) is 0 Å². The molecular formula is C15H15NO7S. The van der Waals surface area contributed by atoms with Gasteiger partial charge in [-0.15, -0.1) is 0 Å². The van der Waals surface area contributed by atoms with Crippen LogP contribution in [0.25, 0.3) is 0 Å². The summed E-state index contributed by atoms with van der Waals surface area (Å²) in [5, 5.41) is -0.207. The lowest BCUT2D eigenvalue weighted by Gasteiger charge is -2.08. The van der Waals surface area contributed by atoms with Crippen molar-refractivity contribution in [2.75, 3.05) is 20.9 Å². The second-order valence-electron chi connectivity index (χ2n) is 5.15. The number of ether oxygens (including phenoxy) is 3. The number of sulfonamides is 1. The van der Waals surface area contributed by atoms with Crippen molar-refractivity contribution in [3.63, 3.8) is 0 Å². The number of benzene rings is 1. The van der Waals surface area contributed by atoms with E-state index in [1.54, 1.807) is 12.1 Å². The molecule has 0 aliphatic carbocycles. The van der Waals surface area contributed by atoms with Gasteiger partial charge in [-0.05, 0) is 30.3 Å². The van der Waals surface area contributed by atoms with Crippen LogP contribution in [-0.4, -0.2) is 39.6 Å². The van der Waals surface area contributed by atoms with Gasteiger partial charge in [0.15, 0.2) is 11.5 Å². The number of fused-ring (bicyclic) bond motifs is 1. The number of furan rings is 1. The molecule has 0 unspecified atom stereocenters. The highest BCUT2D eigenvalue weighted by molar-refractivity contribution is 7.88. The van der Waals surface area contributed by atoms with Crippen molar-refractivity contribution in [3.8, 4) is 11.5 Å². The van der Waals surface area contributed by atoms with E-state index >= 15 is 0 Å². The van der Waals surface area contributed by atoms with Gasteiger partial charge in [0.05, 0.1) is 5.56 Å². The first-order valence-electron chi connectivity index (χ1n) is 6.96. The van der Waals surface area contributed by atoms with Crippen molar-refractivity contribution >= 4 is 16.0 Å². The Morgan fingerprint density at radius 2 is 1.92 bits per heavy atom. The van der Waals surface area contributed by atoms with Crippen LogP contribution in [0.15, 0.2) is 39.8 Å². The zero-order valence-corrected chi connectivity index (χ0v) is 13.8. The van der Waals surface area contributed by atoms with Crippen LogP contribution in [-0.2, 0) is 21.4 Å². The molecule has 24 heavy (non-hydrogen) atoms. The normalized spacial score (nSPS) is 13.3. The molecule has 1 aromatic heterocycles. The molecule has 2 heterocycles. The fourth-order valence-electron chi connectivity index (χ4n) is 2.00. The average Bonchev–Trinajstić information content (AvgIpc) is 3.20. The molecule has 0 atom stereocenters. The summed E-state index contributed by atoms with van der Waals surface area (Å²) in [6, 6.07) is 7.46. The van der Waals surface area contributed by atoms with Crippen molar-refractivity contribution in [2.24, 2.45) is 0 Å². The zero-order valence-electron chi connectivity index (χ0n) is 13.0. The topological polar surface area (TPSA) is 95.3 Å². The van der Waals surface area contributed by atoms with Gasteiger partial charge < -0.3 is 18.6 Å². The number of hydrogen-bond acceptors (Lipinski definition) is 7. The highest BCUT2D eigenvalue weighted by Crippen LogP contribution is 2.32. The Kier molecular flexibility index (Phi) is 4.20. The third-order valence-electron chi connectivity index (χ3n) is 3.33. The van der Waals surface area contributed by atoms with Crippen LogP contribution >= 0.6 is 0 Å². The molecule has 0 radical (unpaired) electrons. The van der Waals surface area contributed by atoms with Crippen molar-refractivity contribution < 1.29 is 31.8 Å². The van der Waals surface area contributed by atoms with Crippen LogP contribution in [0.4, 0.5) is 0 Å². The summed E-state index contributed by atoms with van der Waals surface area (Å²) in [7, 11) is -0.858. The molecule has 3 rings (SSSR count). The first-order chi connectivity index (χ1) is 11.4. The van der Waals surface area contributed by atoms with E-state index in [-0.39, 0.29) is 24.3 Å². The first kappa shape index (κ1) is 16.3. The van der Waals surface area contributed by atoms with Gasteiger partial charge in [-0.2, -0.15) is 0 Å². The summed E-state index contributed by atoms with van der Waals surface area (Å²) in [6.45, 7) is -0.0699. The van der Waals surface area contributed by atoms with Crippen molar-refractivity contribution in [1.29, 1.82) is 0 Å². The second kappa shape index (κ2) is 6.17. The minimum atomic E-state index is -3.66. The Hall–Kier alpha value is -2.52. The Morgan fingerprint density at radius 1 is 1.17 bits per heavy atom. The molecule has 0 spiro atoms. The van der Waals surface area contributed by atoms with Gasteiger partial charge in [0, 0.05) is 14.1 Å². The van der Waals surface area contributed by atoms with Gasteiger partial charge in [0.1, 0.15) is 12.4 Å². The largest absolute Gasteiger partial charge is 0.454 e. The lowest BCUT2D eigenvalue weighted by atomic mass is 10.2. The summed E-state index contributed by atoms with van der Waals surface area (Å²) < 4.78 is 45.6. The summed E-state index contributed by atoms with van der Waals surface area (Å²) in [5.74, 6) is 0.684. The van der Waals surface area contributed by atoms with Crippen LogP contribution in [0.5, 0.6) is 11.5 Å². The molecule has 0 N–H and O–H groups in total. The van der Waals surface area contributed by atoms with Gasteiger partial charge in [-0.25, -0.2) is 17.5 Å². The van der Waals surface area contributed by atoms with E-state index in [0.29, 0.717) is 17.1 Å². The third-order valence-corrected chi connectivity index (χ3v) is 5.02. The smallest absolute Gasteiger partial charge is 0.338 e. The molecule has 1 aliphatic heterocycles. The maximum Gasteiger partial charge on any atom is 0.338 e. The van der Waals surface area contributed by atoms with Gasteiger partial charge in [0.2, 0.25) is 11.9 Å². The van der Waals surface area contributed by atoms with Crippen molar-refractivity contribution in [3.05, 3.63) is 41.7 Å². The monoisotopic (exact) mass is 353 g/mol. The number of nitrogens with zero attached hydrogens (tertiary/aromatic N) is 1. The third kappa shape index (κ3) is 3.08. The molecule has 8 nitrogen and oxygen atoms in total. The van der Waals surface area contributed by atoms with Gasteiger partial charge in [0.25, 0.3) is 10.0 Å². The van der Waals surface area contributed by atoms with E-state index in [1.807, 2.05) is 0 Å². The molecule has 0 saturated carbocycles. The fourth-order valence-corrected chi connectivity index (χ4v) is 2.81. The van der Waals surface area contributed by atoms with Gasteiger partial charge in [-0.3, -0.25) is 0 Å². The highest BCUT2D eigenvalue weighted by atomic mass is 32.2. The molecule has 0 fully saturated rings. The second-order valence-corrected chi connectivity index (χ2v) is 7.24. The molecule has 0 saturated heterocycles. The lowest BCUT2D eigenvalue weighted by Crippen LogP contribution is -2.21. The maximum absolute atomic E-state index is 12.0. The molecule has 9 heteroatoms. The Bertz CT molecular complexity index is 870. The fraction of sp³-hybridized carbons (Fsp3) is 0.267. The first-order valence-corrected chi connectivity index (χ1v) is 8.40. The van der Waals surface area contributed by atoms with E-state index in [1.165, 1.54) is 32.3 Å². The van der Waals surface area contributed by atoms with E-state index in [9.17, 15) is 13.2 Å². The molecule has 2 aromatic rings. The molecule has 0 bridgehead atoms. The number of carbonyl (C=O) groups is 1. The molecule has 0 amide bonds. The summed E-state index contributed by atoms with van der Waals surface area (Å²) in [4.78, 5) is 12.0. The molecule has 1 aliphatic rings. The number of hydrogen-bond donors (Lipinski definition) is 0. The predicted octanol–water partition coefficient (Wildman–Crippen LogP) is 1.62. The minimum Gasteiger partial charge on any atom is -0.454 e. The Morgan fingerprint density at radius 3 is 2.67 bits per heavy atom. The number of rotatable bonds is 5. The Balaban J connectivity index is 1.66. The van der Waals surface area contributed by atoms with Crippen LogP contribution in [0.2, 0.25) is 0 Å². The van der Waals surface area contributed by atoms with E-state index in [2.05, 4.69) is 0 Å². The van der Waals surface area contributed by atoms with Crippen molar-refractivity contribution in [2.45, 2.75) is 11.7 Å². The number of esters is 1. The number of carbonyl (C=O) groups excluding carboxylic acids is 1. The van der Waals surface area contributed by atoms with Gasteiger partial charge >= 0.3 is 5.97 Å². The minimum absolute atomic E-state index is 0.114. The van der Waals surface area contributed by atoms with Gasteiger partial charge in [-0.1, -0.05) is 0 Å². The SMILES string of the molecule is CN(C)S(=O)(=O)c1ccc(COC(=O)c2ccc3c(c2)OCO3)o1. The quantitative estimate of drug-likeness (QED) is 0.754. The van der Waals surface area contributed by atoms with E-state index in [4.69, 9.17) is 18.6 Å². The molecule has 1 aromatic carbocycles. The lowest BCUT2D eigenvalue weighted by molar-refractivity contribution is 0.0440.